The maximum Gasteiger partial charge on any atom is 0.295 e. The molecule has 1 atom stereocenters. The second kappa shape index (κ2) is 9.14. The highest BCUT2D eigenvalue weighted by atomic mass is 32.1. The van der Waals surface area contributed by atoms with E-state index in [9.17, 15) is 14.7 Å². The highest BCUT2D eigenvalue weighted by molar-refractivity contribution is 7.10. The summed E-state index contributed by atoms with van der Waals surface area (Å²) in [4.78, 5) is 32.3. The standard InChI is InChI=1S/C24H22N2O4S/c1-2-12-30-18-9-7-17(8-10-18)22(27)20-21(19-6-4-13-31-19)26(24(29)23(20)28)15-16-5-3-11-25-14-16/h3-11,13-14,21,27H,2,12,15H2,1H3/b22-20+/t21-/m1/s1. The summed E-state index contributed by atoms with van der Waals surface area (Å²) in [7, 11) is 0. The predicted octanol–water partition coefficient (Wildman–Crippen LogP) is 4.55. The first-order chi connectivity index (χ1) is 15.1. The molecule has 0 unspecified atom stereocenters. The summed E-state index contributed by atoms with van der Waals surface area (Å²) in [5, 5.41) is 12.9. The van der Waals surface area contributed by atoms with Crippen molar-refractivity contribution in [3.63, 3.8) is 0 Å². The molecule has 1 fully saturated rings. The first kappa shape index (κ1) is 20.8. The van der Waals surface area contributed by atoms with Crippen LogP contribution in [0.4, 0.5) is 0 Å². The Balaban J connectivity index is 1.74. The van der Waals surface area contributed by atoms with Crippen LogP contribution in [-0.4, -0.2) is 33.3 Å². The summed E-state index contributed by atoms with van der Waals surface area (Å²) < 4.78 is 5.59. The normalized spacial score (nSPS) is 17.8. The number of likely N-dealkylation sites (tertiary alicyclic amines) is 1. The SMILES string of the molecule is CCCOc1ccc(/C(O)=C2\C(=O)C(=O)N(Cc3cccnc3)[C@@H]2c2cccs2)cc1. The van der Waals surface area contributed by atoms with Gasteiger partial charge in [-0.1, -0.05) is 19.1 Å². The lowest BCUT2D eigenvalue weighted by atomic mass is 9.99. The van der Waals surface area contributed by atoms with Crippen LogP contribution in [-0.2, 0) is 16.1 Å². The van der Waals surface area contributed by atoms with E-state index in [0.29, 0.717) is 17.9 Å². The van der Waals surface area contributed by atoms with Crippen LogP contribution in [0.2, 0.25) is 0 Å². The Morgan fingerprint density at radius 1 is 1.16 bits per heavy atom. The first-order valence-electron chi connectivity index (χ1n) is 10.0. The predicted molar refractivity (Wildman–Crippen MR) is 119 cm³/mol. The zero-order chi connectivity index (χ0) is 21.8. The quantitative estimate of drug-likeness (QED) is 0.335. The Kier molecular flexibility index (Phi) is 6.13. The van der Waals surface area contributed by atoms with Crippen molar-refractivity contribution in [2.75, 3.05) is 6.61 Å². The maximum atomic E-state index is 13.0. The molecule has 0 spiro atoms. The van der Waals surface area contributed by atoms with Crippen molar-refractivity contribution in [2.24, 2.45) is 0 Å². The second-order valence-corrected chi connectivity index (χ2v) is 8.16. The summed E-state index contributed by atoms with van der Waals surface area (Å²) in [5.41, 5.74) is 1.37. The molecule has 1 saturated heterocycles. The molecule has 1 amide bonds. The average molecular weight is 435 g/mol. The Morgan fingerprint density at radius 2 is 1.97 bits per heavy atom. The van der Waals surface area contributed by atoms with Crippen LogP contribution in [0.5, 0.6) is 5.75 Å². The van der Waals surface area contributed by atoms with E-state index in [2.05, 4.69) is 4.98 Å². The molecule has 31 heavy (non-hydrogen) atoms. The fraction of sp³-hybridized carbons (Fsp3) is 0.208. The molecule has 6 nitrogen and oxygen atoms in total. The highest BCUT2D eigenvalue weighted by Crippen LogP contribution is 2.41. The minimum atomic E-state index is -0.689. The number of pyridine rings is 1. The zero-order valence-electron chi connectivity index (χ0n) is 17.0. The summed E-state index contributed by atoms with van der Waals surface area (Å²) in [5.74, 6) is -0.824. The number of ether oxygens (including phenoxy) is 1. The fourth-order valence-corrected chi connectivity index (χ4v) is 4.40. The van der Waals surface area contributed by atoms with E-state index >= 15 is 0 Å². The zero-order valence-corrected chi connectivity index (χ0v) is 17.8. The van der Waals surface area contributed by atoms with E-state index in [4.69, 9.17) is 4.74 Å². The molecule has 158 valence electrons. The van der Waals surface area contributed by atoms with Crippen LogP contribution in [0.3, 0.4) is 0 Å². The number of amides is 1. The van der Waals surface area contributed by atoms with Crippen molar-refractivity contribution < 1.29 is 19.4 Å². The third kappa shape index (κ3) is 4.22. The van der Waals surface area contributed by atoms with E-state index in [-0.39, 0.29) is 17.9 Å². The van der Waals surface area contributed by atoms with E-state index in [0.717, 1.165) is 16.9 Å². The van der Waals surface area contributed by atoms with Gasteiger partial charge >= 0.3 is 0 Å². The van der Waals surface area contributed by atoms with Crippen LogP contribution in [0.15, 0.2) is 71.9 Å². The van der Waals surface area contributed by atoms with Gasteiger partial charge in [0.15, 0.2) is 0 Å². The number of aliphatic hydroxyl groups is 1. The van der Waals surface area contributed by atoms with Gasteiger partial charge in [0, 0.05) is 29.4 Å². The molecule has 0 bridgehead atoms. The number of thiophene rings is 1. The van der Waals surface area contributed by atoms with Crippen LogP contribution >= 0.6 is 11.3 Å². The van der Waals surface area contributed by atoms with Crippen molar-refractivity contribution in [3.05, 3.63) is 87.9 Å². The molecule has 0 radical (unpaired) electrons. The topological polar surface area (TPSA) is 79.7 Å². The molecule has 0 saturated carbocycles. The van der Waals surface area contributed by atoms with E-state index < -0.39 is 17.7 Å². The van der Waals surface area contributed by atoms with Gasteiger partial charge in [-0.15, -0.1) is 11.3 Å². The van der Waals surface area contributed by atoms with Gasteiger partial charge in [0.05, 0.1) is 18.2 Å². The third-order valence-electron chi connectivity index (χ3n) is 5.03. The van der Waals surface area contributed by atoms with Crippen LogP contribution in [0.25, 0.3) is 5.76 Å². The van der Waals surface area contributed by atoms with Crippen LogP contribution < -0.4 is 4.74 Å². The lowest BCUT2D eigenvalue weighted by molar-refractivity contribution is -0.140. The molecule has 1 aliphatic rings. The van der Waals surface area contributed by atoms with Crippen molar-refractivity contribution >= 4 is 28.8 Å². The molecule has 1 aliphatic heterocycles. The molecule has 7 heteroatoms. The summed E-state index contributed by atoms with van der Waals surface area (Å²) in [6, 6.07) is 13.6. The Labute approximate surface area is 184 Å². The van der Waals surface area contributed by atoms with Gasteiger partial charge < -0.3 is 14.7 Å². The Bertz CT molecular complexity index is 1090. The first-order valence-corrected chi connectivity index (χ1v) is 10.9. The lowest BCUT2D eigenvalue weighted by Crippen LogP contribution is -2.28. The molecular formula is C24H22N2O4S. The lowest BCUT2D eigenvalue weighted by Gasteiger charge is -2.24. The molecule has 2 aromatic heterocycles. The van der Waals surface area contributed by atoms with E-state index in [1.165, 1.54) is 16.2 Å². The molecule has 4 rings (SSSR count). The second-order valence-electron chi connectivity index (χ2n) is 7.18. The Hall–Kier alpha value is -3.45. The summed E-state index contributed by atoms with van der Waals surface area (Å²) in [6.07, 6.45) is 4.21. The molecular weight excluding hydrogens is 412 g/mol. The number of Topliss-reactive ketones (excluding diaryl/α,β-unsaturated/α-hetero) is 1. The van der Waals surface area contributed by atoms with Gasteiger partial charge in [-0.25, -0.2) is 0 Å². The Morgan fingerprint density at radius 3 is 2.61 bits per heavy atom. The summed E-state index contributed by atoms with van der Waals surface area (Å²) >= 11 is 1.44. The number of hydrogen-bond acceptors (Lipinski definition) is 6. The van der Waals surface area contributed by atoms with E-state index in [1.807, 2.05) is 30.5 Å². The van der Waals surface area contributed by atoms with Crippen molar-refractivity contribution in [1.82, 2.24) is 9.88 Å². The molecule has 1 aromatic carbocycles. The number of nitrogens with zero attached hydrogens (tertiary/aromatic N) is 2. The largest absolute Gasteiger partial charge is 0.507 e. The summed E-state index contributed by atoms with van der Waals surface area (Å²) in [6.45, 7) is 2.85. The van der Waals surface area contributed by atoms with Gasteiger partial charge in [-0.2, -0.15) is 0 Å². The van der Waals surface area contributed by atoms with Crippen molar-refractivity contribution in [1.29, 1.82) is 0 Å². The van der Waals surface area contributed by atoms with E-state index in [1.54, 1.807) is 42.7 Å². The van der Waals surface area contributed by atoms with Gasteiger partial charge in [-0.05, 0) is 53.8 Å². The van der Waals surface area contributed by atoms with Crippen LogP contribution in [0.1, 0.15) is 35.4 Å². The highest BCUT2D eigenvalue weighted by Gasteiger charge is 2.46. The van der Waals surface area contributed by atoms with Gasteiger partial charge in [0.1, 0.15) is 11.5 Å². The number of ketones is 1. The monoisotopic (exact) mass is 434 g/mol. The van der Waals surface area contributed by atoms with Crippen molar-refractivity contribution in [2.45, 2.75) is 25.9 Å². The van der Waals surface area contributed by atoms with Crippen LogP contribution in [0, 0.1) is 0 Å². The number of benzene rings is 1. The average Bonchev–Trinajstić information content (AvgIpc) is 3.41. The minimum Gasteiger partial charge on any atom is -0.507 e. The molecule has 0 aliphatic carbocycles. The van der Waals surface area contributed by atoms with Gasteiger partial charge in [0.25, 0.3) is 11.7 Å². The fourth-order valence-electron chi connectivity index (χ4n) is 3.56. The number of aromatic nitrogens is 1. The van der Waals surface area contributed by atoms with Gasteiger partial charge in [-0.3, -0.25) is 14.6 Å². The third-order valence-corrected chi connectivity index (χ3v) is 5.95. The molecule has 3 heterocycles. The minimum absolute atomic E-state index is 0.0959. The number of rotatable bonds is 7. The maximum absolute atomic E-state index is 13.0. The van der Waals surface area contributed by atoms with Gasteiger partial charge in [0.2, 0.25) is 0 Å². The van der Waals surface area contributed by atoms with Crippen molar-refractivity contribution in [3.8, 4) is 5.75 Å². The number of hydrogen-bond donors (Lipinski definition) is 1. The molecule has 3 aromatic rings. The number of carbonyl (C=O) groups is 2. The molecule has 1 N–H and O–H groups in total. The number of carbonyl (C=O) groups excluding carboxylic acids is 2. The number of aliphatic hydroxyl groups excluding tert-OH is 1. The smallest absolute Gasteiger partial charge is 0.295 e.